The first kappa shape index (κ1) is 13.5. The van der Waals surface area contributed by atoms with E-state index in [2.05, 4.69) is 10.2 Å². The van der Waals surface area contributed by atoms with Crippen LogP contribution >= 0.6 is 0 Å². The number of nitrogens with zero attached hydrogens (tertiary/aromatic N) is 3. The van der Waals surface area contributed by atoms with E-state index >= 15 is 0 Å². The molecule has 2 heterocycles. The fourth-order valence-electron chi connectivity index (χ4n) is 2.49. The summed E-state index contributed by atoms with van der Waals surface area (Å²) in [5.74, 6) is 0.566. The fourth-order valence-corrected chi connectivity index (χ4v) is 2.49. The molecule has 21 heavy (non-hydrogen) atoms. The van der Waals surface area contributed by atoms with E-state index in [1.165, 1.54) is 0 Å². The SMILES string of the molecule is Cc1cccc(C(=O)N2CCC(Oc3cccnn3)C2)c1. The van der Waals surface area contributed by atoms with Crippen molar-refractivity contribution in [1.82, 2.24) is 15.1 Å². The highest BCUT2D eigenvalue weighted by atomic mass is 16.5. The summed E-state index contributed by atoms with van der Waals surface area (Å²) in [4.78, 5) is 14.3. The van der Waals surface area contributed by atoms with Gasteiger partial charge < -0.3 is 9.64 Å². The highest BCUT2D eigenvalue weighted by molar-refractivity contribution is 5.94. The lowest BCUT2D eigenvalue weighted by Crippen LogP contribution is -2.31. The van der Waals surface area contributed by atoms with Crippen LogP contribution in [-0.4, -0.2) is 40.2 Å². The van der Waals surface area contributed by atoms with Crippen molar-refractivity contribution < 1.29 is 9.53 Å². The van der Waals surface area contributed by atoms with Gasteiger partial charge in [0, 0.05) is 30.8 Å². The summed E-state index contributed by atoms with van der Waals surface area (Å²) in [6.45, 7) is 3.28. The molecular weight excluding hydrogens is 266 g/mol. The molecule has 1 aliphatic heterocycles. The normalized spacial score (nSPS) is 17.8. The zero-order chi connectivity index (χ0) is 14.7. The van der Waals surface area contributed by atoms with Crippen LogP contribution < -0.4 is 4.74 Å². The number of aromatic nitrogens is 2. The first-order chi connectivity index (χ1) is 10.2. The number of amides is 1. The predicted molar refractivity (Wildman–Crippen MR) is 78.1 cm³/mol. The van der Waals surface area contributed by atoms with Gasteiger partial charge >= 0.3 is 0 Å². The van der Waals surface area contributed by atoms with E-state index in [4.69, 9.17) is 4.74 Å². The summed E-state index contributed by atoms with van der Waals surface area (Å²) in [6.07, 6.45) is 2.40. The summed E-state index contributed by atoms with van der Waals surface area (Å²) in [7, 11) is 0. The van der Waals surface area contributed by atoms with Crippen LogP contribution in [-0.2, 0) is 0 Å². The van der Waals surface area contributed by atoms with Gasteiger partial charge in [0.05, 0.1) is 6.54 Å². The lowest BCUT2D eigenvalue weighted by molar-refractivity contribution is 0.0771. The van der Waals surface area contributed by atoms with Crippen LogP contribution in [0.3, 0.4) is 0 Å². The molecule has 1 unspecified atom stereocenters. The topological polar surface area (TPSA) is 55.3 Å². The fraction of sp³-hybridized carbons (Fsp3) is 0.312. The first-order valence-corrected chi connectivity index (χ1v) is 7.03. The minimum atomic E-state index is -0.0181. The lowest BCUT2D eigenvalue weighted by Gasteiger charge is -2.17. The van der Waals surface area contributed by atoms with Gasteiger partial charge in [-0.1, -0.05) is 17.7 Å². The van der Waals surface area contributed by atoms with Crippen molar-refractivity contribution in [2.24, 2.45) is 0 Å². The second kappa shape index (κ2) is 5.91. The number of hydrogen-bond acceptors (Lipinski definition) is 4. The molecule has 1 saturated heterocycles. The van der Waals surface area contributed by atoms with Gasteiger partial charge in [-0.3, -0.25) is 4.79 Å². The van der Waals surface area contributed by atoms with Gasteiger partial charge in [-0.2, -0.15) is 5.10 Å². The van der Waals surface area contributed by atoms with Crippen LogP contribution in [0.25, 0.3) is 0 Å². The molecule has 0 saturated carbocycles. The Morgan fingerprint density at radius 1 is 1.33 bits per heavy atom. The van der Waals surface area contributed by atoms with E-state index in [1.54, 1.807) is 18.3 Å². The Morgan fingerprint density at radius 2 is 2.24 bits per heavy atom. The number of likely N-dealkylation sites (tertiary alicyclic amines) is 1. The van der Waals surface area contributed by atoms with Gasteiger partial charge in [0.25, 0.3) is 5.91 Å². The molecule has 1 fully saturated rings. The molecule has 3 rings (SSSR count). The van der Waals surface area contributed by atoms with E-state index < -0.39 is 0 Å². The van der Waals surface area contributed by atoms with Gasteiger partial charge in [0.1, 0.15) is 6.10 Å². The van der Waals surface area contributed by atoms with Crippen molar-refractivity contribution in [1.29, 1.82) is 0 Å². The highest BCUT2D eigenvalue weighted by Gasteiger charge is 2.28. The first-order valence-electron chi connectivity index (χ1n) is 7.03. The molecule has 0 N–H and O–H groups in total. The minimum Gasteiger partial charge on any atom is -0.471 e. The summed E-state index contributed by atoms with van der Waals surface area (Å²) in [5.41, 5.74) is 1.82. The van der Waals surface area contributed by atoms with Crippen molar-refractivity contribution in [2.45, 2.75) is 19.4 Å². The van der Waals surface area contributed by atoms with Crippen LogP contribution in [0.4, 0.5) is 0 Å². The Hall–Kier alpha value is -2.43. The van der Waals surface area contributed by atoms with Gasteiger partial charge in [-0.05, 0) is 25.1 Å². The Balaban J connectivity index is 1.63. The maximum atomic E-state index is 12.4. The smallest absolute Gasteiger partial charge is 0.253 e. The molecule has 108 valence electrons. The number of carbonyl (C=O) groups is 1. The maximum Gasteiger partial charge on any atom is 0.253 e. The summed E-state index contributed by atoms with van der Waals surface area (Å²) >= 11 is 0. The summed E-state index contributed by atoms with van der Waals surface area (Å²) < 4.78 is 5.75. The van der Waals surface area contributed by atoms with Crippen molar-refractivity contribution in [3.8, 4) is 5.88 Å². The molecular formula is C16H17N3O2. The molecule has 0 bridgehead atoms. The number of aryl methyl sites for hydroxylation is 1. The number of benzene rings is 1. The van der Waals surface area contributed by atoms with Crippen LogP contribution in [0, 0.1) is 6.92 Å². The molecule has 0 radical (unpaired) electrons. The molecule has 5 heteroatoms. The van der Waals surface area contributed by atoms with Crippen LogP contribution in [0.15, 0.2) is 42.6 Å². The third-order valence-electron chi connectivity index (χ3n) is 3.53. The second-order valence-electron chi connectivity index (χ2n) is 5.21. The molecule has 1 aromatic heterocycles. The summed E-state index contributed by atoms with van der Waals surface area (Å²) in [5, 5.41) is 7.69. The number of hydrogen-bond donors (Lipinski definition) is 0. The van der Waals surface area contributed by atoms with Crippen molar-refractivity contribution in [3.05, 3.63) is 53.7 Å². The van der Waals surface area contributed by atoms with Gasteiger partial charge in [0.2, 0.25) is 5.88 Å². The quantitative estimate of drug-likeness (QED) is 0.865. The molecule has 5 nitrogen and oxygen atoms in total. The molecule has 1 atom stereocenters. The monoisotopic (exact) mass is 283 g/mol. The van der Waals surface area contributed by atoms with Crippen molar-refractivity contribution in [3.63, 3.8) is 0 Å². The zero-order valence-corrected chi connectivity index (χ0v) is 11.9. The van der Waals surface area contributed by atoms with Gasteiger partial charge in [-0.15, -0.1) is 5.10 Å². The standard InChI is InChI=1S/C16H17N3O2/c1-12-4-2-5-13(10-12)16(20)19-9-7-14(11-19)21-15-6-3-8-17-18-15/h2-6,8,10,14H,7,9,11H2,1H3. The second-order valence-corrected chi connectivity index (χ2v) is 5.21. The van der Waals surface area contributed by atoms with E-state index in [-0.39, 0.29) is 12.0 Å². The molecule has 1 aliphatic rings. The lowest BCUT2D eigenvalue weighted by atomic mass is 10.1. The van der Waals surface area contributed by atoms with Crippen molar-refractivity contribution >= 4 is 5.91 Å². The molecule has 0 spiro atoms. The average molecular weight is 283 g/mol. The Bertz CT molecular complexity index is 630. The molecule has 1 amide bonds. The van der Waals surface area contributed by atoms with Gasteiger partial charge in [0.15, 0.2) is 0 Å². The Kier molecular flexibility index (Phi) is 3.81. The Morgan fingerprint density at radius 3 is 3.00 bits per heavy atom. The van der Waals surface area contributed by atoms with Crippen LogP contribution in [0.5, 0.6) is 5.88 Å². The van der Waals surface area contributed by atoms with Crippen LogP contribution in [0.1, 0.15) is 22.3 Å². The zero-order valence-electron chi connectivity index (χ0n) is 11.9. The average Bonchev–Trinajstić information content (AvgIpc) is 2.96. The third-order valence-corrected chi connectivity index (χ3v) is 3.53. The molecule has 2 aromatic rings. The molecule has 0 aliphatic carbocycles. The summed E-state index contributed by atoms with van der Waals surface area (Å²) in [6, 6.07) is 11.2. The van der Waals surface area contributed by atoms with Crippen molar-refractivity contribution in [2.75, 3.05) is 13.1 Å². The molecule has 1 aromatic carbocycles. The number of ether oxygens (including phenoxy) is 1. The van der Waals surface area contributed by atoms with E-state index in [0.29, 0.717) is 19.0 Å². The predicted octanol–water partition coefficient (Wildman–Crippen LogP) is 2.08. The third kappa shape index (κ3) is 3.18. The van der Waals surface area contributed by atoms with E-state index in [9.17, 15) is 4.79 Å². The van der Waals surface area contributed by atoms with Crippen LogP contribution in [0.2, 0.25) is 0 Å². The number of carbonyl (C=O) groups excluding carboxylic acids is 1. The number of rotatable bonds is 3. The minimum absolute atomic E-state index is 0.0181. The maximum absolute atomic E-state index is 12.4. The van der Waals surface area contributed by atoms with E-state index in [0.717, 1.165) is 17.5 Å². The largest absolute Gasteiger partial charge is 0.471 e. The van der Waals surface area contributed by atoms with Gasteiger partial charge in [-0.25, -0.2) is 0 Å². The highest BCUT2D eigenvalue weighted by Crippen LogP contribution is 2.18. The Labute approximate surface area is 123 Å². The van der Waals surface area contributed by atoms with E-state index in [1.807, 2.05) is 36.1 Å².